The lowest BCUT2D eigenvalue weighted by Crippen LogP contribution is -2.46. The summed E-state index contributed by atoms with van der Waals surface area (Å²) >= 11 is 0. The van der Waals surface area contributed by atoms with Gasteiger partial charge in [0.15, 0.2) is 0 Å². The number of amides is 1. The monoisotopic (exact) mass is 238 g/mol. The fourth-order valence-electron chi connectivity index (χ4n) is 1.33. The first kappa shape index (κ1) is 15.2. The molecule has 16 heavy (non-hydrogen) atoms. The first-order chi connectivity index (χ1) is 7.52. The van der Waals surface area contributed by atoms with Gasteiger partial charge in [-0.3, -0.25) is 4.79 Å². The first-order valence-corrected chi connectivity index (χ1v) is 5.34. The number of carbonyl (C=O) groups is 1. The topological polar surface area (TPSA) is 55.6 Å². The van der Waals surface area contributed by atoms with Crippen LogP contribution in [0.4, 0.5) is 8.78 Å². The summed E-state index contributed by atoms with van der Waals surface area (Å²) in [4.78, 5) is 12.8. The van der Waals surface area contributed by atoms with Crippen LogP contribution in [0.1, 0.15) is 19.8 Å². The number of hydrogen-bond donors (Lipinski definition) is 1. The molecule has 4 nitrogen and oxygen atoms in total. The molecule has 2 N–H and O–H groups in total. The molecule has 0 spiro atoms. The zero-order chi connectivity index (χ0) is 12.6. The Morgan fingerprint density at radius 2 is 2.12 bits per heavy atom. The van der Waals surface area contributed by atoms with Crippen molar-refractivity contribution < 1.29 is 18.3 Å². The minimum atomic E-state index is -2.55. The Balaban J connectivity index is 4.29. The van der Waals surface area contributed by atoms with Gasteiger partial charge in [0.25, 0.3) is 6.43 Å². The number of carbonyl (C=O) groups excluding carboxylic acids is 1. The van der Waals surface area contributed by atoms with E-state index >= 15 is 0 Å². The minimum absolute atomic E-state index is 0.150. The molecule has 0 radical (unpaired) electrons. The van der Waals surface area contributed by atoms with Crippen molar-refractivity contribution >= 4 is 5.91 Å². The molecule has 0 saturated carbocycles. The molecule has 0 saturated heterocycles. The van der Waals surface area contributed by atoms with E-state index in [4.69, 9.17) is 10.5 Å². The van der Waals surface area contributed by atoms with E-state index in [9.17, 15) is 13.6 Å². The Morgan fingerprint density at radius 1 is 1.50 bits per heavy atom. The number of hydrogen-bond acceptors (Lipinski definition) is 3. The summed E-state index contributed by atoms with van der Waals surface area (Å²) in [7, 11) is 1.46. The van der Waals surface area contributed by atoms with E-state index < -0.39 is 24.9 Å². The Hall–Kier alpha value is -0.750. The number of ether oxygens (including phenoxy) is 1. The predicted molar refractivity (Wildman–Crippen MR) is 57.3 cm³/mol. The van der Waals surface area contributed by atoms with Gasteiger partial charge in [0.2, 0.25) is 5.91 Å². The van der Waals surface area contributed by atoms with Crippen molar-refractivity contribution in [1.29, 1.82) is 0 Å². The normalized spacial score (nSPS) is 12.9. The van der Waals surface area contributed by atoms with Crippen molar-refractivity contribution in [3.63, 3.8) is 0 Å². The number of methoxy groups -OCH3 is 1. The van der Waals surface area contributed by atoms with Crippen molar-refractivity contribution in [3.8, 4) is 0 Å². The van der Waals surface area contributed by atoms with Crippen LogP contribution in [-0.2, 0) is 9.53 Å². The van der Waals surface area contributed by atoms with Gasteiger partial charge < -0.3 is 15.4 Å². The van der Waals surface area contributed by atoms with Crippen LogP contribution in [-0.4, -0.2) is 50.1 Å². The highest BCUT2D eigenvalue weighted by Gasteiger charge is 2.22. The summed E-state index contributed by atoms with van der Waals surface area (Å²) in [5.74, 6) is -0.431. The van der Waals surface area contributed by atoms with E-state index in [1.54, 1.807) is 0 Å². The van der Waals surface area contributed by atoms with Crippen LogP contribution < -0.4 is 5.73 Å². The maximum Gasteiger partial charge on any atom is 0.255 e. The molecule has 0 aromatic carbocycles. The third kappa shape index (κ3) is 5.97. The lowest BCUT2D eigenvalue weighted by Gasteiger charge is -2.24. The second-order valence-electron chi connectivity index (χ2n) is 3.56. The Morgan fingerprint density at radius 3 is 2.56 bits per heavy atom. The fraction of sp³-hybridized carbons (Fsp3) is 0.900. The predicted octanol–water partition coefficient (Wildman–Crippen LogP) is 0.854. The maximum absolute atomic E-state index is 12.2. The summed E-state index contributed by atoms with van der Waals surface area (Å²) in [6, 6.07) is -0.694. The van der Waals surface area contributed by atoms with E-state index in [1.165, 1.54) is 7.11 Å². The highest BCUT2D eigenvalue weighted by atomic mass is 19.3. The average molecular weight is 238 g/mol. The molecule has 0 aliphatic heterocycles. The molecule has 0 aromatic rings. The second-order valence-corrected chi connectivity index (χ2v) is 3.56. The van der Waals surface area contributed by atoms with Crippen LogP contribution in [0.15, 0.2) is 0 Å². The molecule has 0 aromatic heterocycles. The Bertz CT molecular complexity index is 203. The molecule has 1 amide bonds. The summed E-state index contributed by atoms with van der Waals surface area (Å²) in [5, 5.41) is 0. The average Bonchev–Trinajstić information content (AvgIpc) is 2.23. The smallest absolute Gasteiger partial charge is 0.255 e. The van der Waals surface area contributed by atoms with Gasteiger partial charge in [0.1, 0.15) is 0 Å². The zero-order valence-electron chi connectivity index (χ0n) is 9.79. The molecule has 0 aliphatic rings. The third-order valence-electron chi connectivity index (χ3n) is 2.15. The molecule has 0 aliphatic carbocycles. The Labute approximate surface area is 94.7 Å². The van der Waals surface area contributed by atoms with E-state index in [1.807, 2.05) is 6.92 Å². The van der Waals surface area contributed by atoms with Crippen molar-refractivity contribution in [3.05, 3.63) is 0 Å². The molecule has 96 valence electrons. The van der Waals surface area contributed by atoms with Crippen molar-refractivity contribution in [2.24, 2.45) is 5.73 Å². The van der Waals surface area contributed by atoms with E-state index in [2.05, 4.69) is 0 Å². The zero-order valence-corrected chi connectivity index (χ0v) is 9.79. The number of rotatable bonds is 8. The maximum atomic E-state index is 12.2. The van der Waals surface area contributed by atoms with Crippen LogP contribution >= 0.6 is 0 Å². The third-order valence-corrected chi connectivity index (χ3v) is 2.15. The van der Waals surface area contributed by atoms with Crippen LogP contribution in [0.25, 0.3) is 0 Å². The number of halogens is 2. The van der Waals surface area contributed by atoms with Crippen LogP contribution in [0.3, 0.4) is 0 Å². The minimum Gasteiger partial charge on any atom is -0.383 e. The Kier molecular flexibility index (Phi) is 8.01. The molecule has 0 heterocycles. The molecule has 0 fully saturated rings. The van der Waals surface area contributed by atoms with Crippen molar-refractivity contribution in [2.45, 2.75) is 32.2 Å². The van der Waals surface area contributed by atoms with Gasteiger partial charge in [-0.1, -0.05) is 13.3 Å². The number of nitrogens with two attached hydrogens (primary N) is 1. The lowest BCUT2D eigenvalue weighted by atomic mass is 10.1. The van der Waals surface area contributed by atoms with Gasteiger partial charge in [0.05, 0.1) is 19.2 Å². The summed E-state index contributed by atoms with van der Waals surface area (Å²) in [5.41, 5.74) is 5.60. The molecular weight excluding hydrogens is 218 g/mol. The largest absolute Gasteiger partial charge is 0.383 e. The van der Waals surface area contributed by atoms with Gasteiger partial charge in [-0.05, 0) is 6.42 Å². The number of alkyl halides is 2. The molecular formula is C10H20F2N2O2. The van der Waals surface area contributed by atoms with Crippen LogP contribution in [0.2, 0.25) is 0 Å². The second kappa shape index (κ2) is 8.41. The fourth-order valence-corrected chi connectivity index (χ4v) is 1.33. The first-order valence-electron chi connectivity index (χ1n) is 5.34. The van der Waals surface area contributed by atoms with E-state index in [-0.39, 0.29) is 13.2 Å². The molecule has 1 atom stereocenters. The summed E-state index contributed by atoms with van der Waals surface area (Å²) in [6.07, 6.45) is -1.29. The highest BCUT2D eigenvalue weighted by Crippen LogP contribution is 2.04. The van der Waals surface area contributed by atoms with Gasteiger partial charge in [-0.2, -0.15) is 0 Å². The van der Waals surface area contributed by atoms with E-state index in [0.717, 1.165) is 11.3 Å². The summed E-state index contributed by atoms with van der Waals surface area (Å²) < 4.78 is 29.3. The molecule has 6 heteroatoms. The molecule has 0 rings (SSSR count). The standard InChI is InChI=1S/C10H20F2N2O2/c1-3-4-8(13)10(15)14(5-6-16-2)7-9(11)12/h8-9H,3-7,13H2,1-2H3. The summed E-state index contributed by atoms with van der Waals surface area (Å²) in [6.45, 7) is 1.69. The molecule has 1 unspecified atom stereocenters. The number of nitrogens with zero attached hydrogens (tertiary/aromatic N) is 1. The highest BCUT2D eigenvalue weighted by molar-refractivity contribution is 5.81. The SMILES string of the molecule is CCCC(N)C(=O)N(CCOC)CC(F)F. The molecule has 0 bridgehead atoms. The van der Waals surface area contributed by atoms with Crippen LogP contribution in [0, 0.1) is 0 Å². The van der Waals surface area contributed by atoms with Gasteiger partial charge in [-0.25, -0.2) is 8.78 Å². The van der Waals surface area contributed by atoms with Gasteiger partial charge in [-0.15, -0.1) is 0 Å². The van der Waals surface area contributed by atoms with Crippen molar-refractivity contribution in [1.82, 2.24) is 4.90 Å². The lowest BCUT2D eigenvalue weighted by molar-refractivity contribution is -0.135. The quantitative estimate of drug-likeness (QED) is 0.682. The van der Waals surface area contributed by atoms with Crippen LogP contribution in [0.5, 0.6) is 0 Å². The van der Waals surface area contributed by atoms with Gasteiger partial charge >= 0.3 is 0 Å². The van der Waals surface area contributed by atoms with Gasteiger partial charge in [0, 0.05) is 13.7 Å². The van der Waals surface area contributed by atoms with E-state index in [0.29, 0.717) is 6.42 Å². The van der Waals surface area contributed by atoms with Crippen molar-refractivity contribution in [2.75, 3.05) is 26.8 Å².